The maximum Gasteiger partial charge on any atom is 0.266 e. The Morgan fingerprint density at radius 2 is 2.29 bits per heavy atom. The van der Waals surface area contributed by atoms with Gasteiger partial charge in [0, 0.05) is 5.56 Å². The van der Waals surface area contributed by atoms with Crippen molar-refractivity contribution in [2.75, 3.05) is 0 Å². The minimum atomic E-state index is -2.72. The van der Waals surface area contributed by atoms with Crippen molar-refractivity contribution in [2.24, 2.45) is 0 Å². The van der Waals surface area contributed by atoms with E-state index in [9.17, 15) is 8.78 Å². The highest BCUT2D eigenvalue weighted by Gasteiger charge is 2.16. The quantitative estimate of drug-likeness (QED) is 0.615. The van der Waals surface area contributed by atoms with Crippen LogP contribution >= 0.6 is 27.5 Å². The fourth-order valence-electron chi connectivity index (χ4n) is 0.900. The van der Waals surface area contributed by atoms with Crippen LogP contribution in [-0.2, 0) is 5.88 Å². The molecule has 0 radical (unpaired) electrons. The van der Waals surface area contributed by atoms with E-state index in [1.54, 1.807) is 6.07 Å². The minimum absolute atomic E-state index is 0.0685. The van der Waals surface area contributed by atoms with Gasteiger partial charge in [0.15, 0.2) is 5.69 Å². The lowest BCUT2D eigenvalue weighted by Gasteiger charge is -2.05. The Balaban J connectivity index is 3.34. The normalized spacial score (nSPS) is 10.3. The fourth-order valence-corrected chi connectivity index (χ4v) is 1.70. The Morgan fingerprint density at radius 1 is 1.64 bits per heavy atom. The van der Waals surface area contributed by atoms with Crippen LogP contribution in [0.3, 0.4) is 0 Å². The van der Waals surface area contributed by atoms with Crippen molar-refractivity contribution in [1.82, 2.24) is 4.98 Å². The minimum Gasteiger partial charge on any atom is -0.229 e. The summed E-state index contributed by atoms with van der Waals surface area (Å²) in [6, 6.07) is 2.79. The molecule has 0 atom stereocenters. The van der Waals surface area contributed by atoms with Crippen LogP contribution in [0.15, 0.2) is 10.7 Å². The topological polar surface area (TPSA) is 36.7 Å². The summed E-state index contributed by atoms with van der Waals surface area (Å²) >= 11 is 8.55. The summed E-state index contributed by atoms with van der Waals surface area (Å²) in [6.07, 6.45) is -2.72. The molecule has 0 unspecified atom stereocenters. The van der Waals surface area contributed by atoms with Crippen LogP contribution in [-0.4, -0.2) is 4.98 Å². The molecule has 2 nitrogen and oxygen atoms in total. The highest BCUT2D eigenvalue weighted by molar-refractivity contribution is 9.10. The standard InChI is InChI=1S/C8H4BrClF2N2/c9-7-4(2-10)1-5(8(11)12)6(3-13)14-7/h1,8H,2H2. The SMILES string of the molecule is N#Cc1nc(Br)c(CCl)cc1C(F)F. The fraction of sp³-hybridized carbons (Fsp3) is 0.250. The van der Waals surface area contributed by atoms with Gasteiger partial charge in [-0.05, 0) is 22.0 Å². The average Bonchev–Trinajstić information content (AvgIpc) is 2.16. The monoisotopic (exact) mass is 280 g/mol. The van der Waals surface area contributed by atoms with Crippen molar-refractivity contribution in [2.45, 2.75) is 12.3 Å². The molecule has 1 heterocycles. The number of pyridine rings is 1. The number of aromatic nitrogens is 1. The van der Waals surface area contributed by atoms with Crippen molar-refractivity contribution >= 4 is 27.5 Å². The summed E-state index contributed by atoms with van der Waals surface area (Å²) < 4.78 is 25.2. The molecule has 74 valence electrons. The van der Waals surface area contributed by atoms with Gasteiger partial charge in [0.05, 0.1) is 11.4 Å². The van der Waals surface area contributed by atoms with E-state index < -0.39 is 6.43 Å². The number of rotatable bonds is 2. The molecule has 0 N–H and O–H groups in total. The zero-order valence-corrected chi connectivity index (χ0v) is 9.11. The molecule has 0 saturated carbocycles. The lowest BCUT2D eigenvalue weighted by atomic mass is 10.1. The highest BCUT2D eigenvalue weighted by Crippen LogP contribution is 2.26. The van der Waals surface area contributed by atoms with Crippen LogP contribution in [0.25, 0.3) is 0 Å². The Labute approximate surface area is 92.6 Å². The highest BCUT2D eigenvalue weighted by atomic mass is 79.9. The number of nitriles is 1. The van der Waals surface area contributed by atoms with Gasteiger partial charge < -0.3 is 0 Å². The summed E-state index contributed by atoms with van der Waals surface area (Å²) in [4.78, 5) is 3.67. The number of hydrogen-bond donors (Lipinski definition) is 0. The molecule has 0 aliphatic rings. The van der Waals surface area contributed by atoms with Crippen molar-refractivity contribution in [3.8, 4) is 6.07 Å². The van der Waals surface area contributed by atoms with Crippen molar-refractivity contribution in [3.05, 3.63) is 27.5 Å². The van der Waals surface area contributed by atoms with Crippen LogP contribution in [0, 0.1) is 11.3 Å². The van der Waals surface area contributed by atoms with Gasteiger partial charge in [-0.2, -0.15) is 5.26 Å². The molecule has 0 spiro atoms. The third-order valence-electron chi connectivity index (χ3n) is 1.56. The first-order chi connectivity index (χ1) is 6.60. The second-order valence-corrected chi connectivity index (χ2v) is 3.44. The van der Waals surface area contributed by atoms with E-state index in [4.69, 9.17) is 16.9 Å². The second kappa shape index (κ2) is 4.67. The lowest BCUT2D eigenvalue weighted by molar-refractivity contribution is 0.150. The second-order valence-electron chi connectivity index (χ2n) is 2.42. The molecule has 6 heteroatoms. The van der Waals surface area contributed by atoms with Gasteiger partial charge in [0.2, 0.25) is 0 Å². The van der Waals surface area contributed by atoms with E-state index in [0.717, 1.165) is 0 Å². The van der Waals surface area contributed by atoms with Gasteiger partial charge in [-0.15, -0.1) is 11.6 Å². The molecule has 1 rings (SSSR count). The smallest absolute Gasteiger partial charge is 0.229 e. The number of nitrogens with zero attached hydrogens (tertiary/aromatic N) is 2. The molecule has 0 saturated heterocycles. The number of hydrogen-bond acceptors (Lipinski definition) is 2. The lowest BCUT2D eigenvalue weighted by Crippen LogP contribution is -1.98. The summed E-state index contributed by atoms with van der Waals surface area (Å²) in [6.45, 7) is 0. The maximum atomic E-state index is 12.4. The van der Waals surface area contributed by atoms with Crippen molar-refractivity contribution in [1.29, 1.82) is 5.26 Å². The molecule has 14 heavy (non-hydrogen) atoms. The Morgan fingerprint density at radius 3 is 2.71 bits per heavy atom. The van der Waals surface area contributed by atoms with E-state index in [1.165, 1.54) is 6.07 Å². The molecule has 0 amide bonds. The molecule has 0 aromatic carbocycles. The molecule has 1 aromatic rings. The van der Waals surface area contributed by atoms with E-state index in [0.29, 0.717) is 10.2 Å². The average molecular weight is 281 g/mol. The molecule has 1 aromatic heterocycles. The zero-order valence-electron chi connectivity index (χ0n) is 6.77. The van der Waals surface area contributed by atoms with Gasteiger partial charge in [-0.25, -0.2) is 13.8 Å². The van der Waals surface area contributed by atoms with E-state index in [2.05, 4.69) is 20.9 Å². The predicted octanol–water partition coefficient (Wildman–Crippen LogP) is 3.39. The first-order valence-electron chi connectivity index (χ1n) is 3.53. The summed E-state index contributed by atoms with van der Waals surface area (Å²) in [7, 11) is 0. The van der Waals surface area contributed by atoms with Gasteiger partial charge in [-0.3, -0.25) is 0 Å². The molecular formula is C8H4BrClF2N2. The third kappa shape index (κ3) is 2.20. The third-order valence-corrected chi connectivity index (χ3v) is 2.54. The van der Waals surface area contributed by atoms with E-state index >= 15 is 0 Å². The van der Waals surface area contributed by atoms with Crippen LogP contribution in [0.4, 0.5) is 8.78 Å². The molecule has 0 fully saturated rings. The molecular weight excluding hydrogens is 277 g/mol. The van der Waals surface area contributed by atoms with Gasteiger partial charge >= 0.3 is 0 Å². The zero-order chi connectivity index (χ0) is 10.7. The largest absolute Gasteiger partial charge is 0.266 e. The Hall–Kier alpha value is -0.730. The molecule has 0 aliphatic carbocycles. The van der Waals surface area contributed by atoms with Crippen molar-refractivity contribution in [3.63, 3.8) is 0 Å². The Bertz CT molecular complexity index is 390. The summed E-state index contributed by atoms with van der Waals surface area (Å²) in [5.74, 6) is 0.0685. The van der Waals surface area contributed by atoms with Gasteiger partial charge in [0.1, 0.15) is 10.7 Å². The van der Waals surface area contributed by atoms with E-state index in [-0.39, 0.29) is 17.1 Å². The van der Waals surface area contributed by atoms with Gasteiger partial charge in [-0.1, -0.05) is 0 Å². The van der Waals surface area contributed by atoms with Crippen LogP contribution in [0.2, 0.25) is 0 Å². The number of halogens is 4. The van der Waals surface area contributed by atoms with Crippen LogP contribution < -0.4 is 0 Å². The summed E-state index contributed by atoms with van der Waals surface area (Å²) in [5, 5.41) is 8.56. The first-order valence-corrected chi connectivity index (χ1v) is 4.86. The molecule has 0 bridgehead atoms. The van der Waals surface area contributed by atoms with E-state index in [1.807, 2.05) is 0 Å². The first kappa shape index (κ1) is 11.3. The predicted molar refractivity (Wildman–Crippen MR) is 51.2 cm³/mol. The van der Waals surface area contributed by atoms with Crippen LogP contribution in [0.5, 0.6) is 0 Å². The molecule has 0 aliphatic heterocycles. The maximum absolute atomic E-state index is 12.4. The Kier molecular flexibility index (Phi) is 3.78. The van der Waals surface area contributed by atoms with Crippen molar-refractivity contribution < 1.29 is 8.78 Å². The number of alkyl halides is 3. The van der Waals surface area contributed by atoms with Crippen LogP contribution in [0.1, 0.15) is 23.2 Å². The van der Waals surface area contributed by atoms with Gasteiger partial charge in [0.25, 0.3) is 6.43 Å². The summed E-state index contributed by atoms with van der Waals surface area (Å²) in [5.41, 5.74) is -0.215.